The lowest BCUT2D eigenvalue weighted by Gasteiger charge is -2.34. The molecule has 5 heteroatoms. The third kappa shape index (κ3) is 4.43. The Morgan fingerprint density at radius 1 is 1.15 bits per heavy atom. The lowest BCUT2D eigenvalue weighted by Crippen LogP contribution is -2.44. The summed E-state index contributed by atoms with van der Waals surface area (Å²) in [6, 6.07) is 0.292. The maximum Gasteiger partial charge on any atom is 0.150 e. The molecule has 3 N–H and O–H groups in total. The zero-order valence-electron chi connectivity index (χ0n) is 12.7. The molecule has 0 amide bonds. The maximum atomic E-state index is 11.8. The summed E-state index contributed by atoms with van der Waals surface area (Å²) in [5, 5.41) is -0.149. The van der Waals surface area contributed by atoms with Crippen LogP contribution in [-0.2, 0) is 9.84 Å². The van der Waals surface area contributed by atoms with E-state index in [-0.39, 0.29) is 5.25 Å². The largest absolute Gasteiger partial charge is 0.271 e. The Labute approximate surface area is 123 Å². The molecule has 118 valence electrons. The van der Waals surface area contributed by atoms with E-state index in [4.69, 9.17) is 5.84 Å². The lowest BCUT2D eigenvalue weighted by molar-refractivity contribution is 0.248. The second-order valence-corrected chi connectivity index (χ2v) is 9.20. The first kappa shape index (κ1) is 16.2. The fraction of sp³-hybridized carbons (Fsp3) is 1.00. The van der Waals surface area contributed by atoms with Gasteiger partial charge in [-0.25, -0.2) is 8.42 Å². The standard InChI is InChI=1S/C15H30N2O2S/c1-20(18,19)14-8-4-7-13(11-14)15(17-16)10-9-12-5-2-3-6-12/h12-15,17H,2-11,16H2,1H3. The van der Waals surface area contributed by atoms with E-state index in [9.17, 15) is 8.42 Å². The van der Waals surface area contributed by atoms with Gasteiger partial charge in [0.05, 0.1) is 5.25 Å². The average molecular weight is 302 g/mol. The highest BCUT2D eigenvalue weighted by Gasteiger charge is 2.33. The van der Waals surface area contributed by atoms with Gasteiger partial charge in [-0.05, 0) is 43.9 Å². The molecule has 0 bridgehead atoms. The molecule has 0 saturated heterocycles. The number of sulfone groups is 1. The summed E-state index contributed by atoms with van der Waals surface area (Å²) in [5.41, 5.74) is 2.97. The summed E-state index contributed by atoms with van der Waals surface area (Å²) in [6.07, 6.45) is 13.0. The number of hydrazine groups is 1. The first-order valence-electron chi connectivity index (χ1n) is 8.15. The van der Waals surface area contributed by atoms with Crippen LogP contribution in [0.2, 0.25) is 0 Å². The van der Waals surface area contributed by atoms with Crippen molar-refractivity contribution < 1.29 is 8.42 Å². The molecule has 0 heterocycles. The Morgan fingerprint density at radius 2 is 1.85 bits per heavy atom. The molecule has 2 aliphatic carbocycles. The molecular formula is C15H30N2O2S. The summed E-state index contributed by atoms with van der Waals surface area (Å²) in [7, 11) is -2.90. The van der Waals surface area contributed by atoms with Crippen molar-refractivity contribution in [3.05, 3.63) is 0 Å². The monoisotopic (exact) mass is 302 g/mol. The third-order valence-electron chi connectivity index (χ3n) is 5.42. The second-order valence-electron chi connectivity index (χ2n) is 6.88. The van der Waals surface area contributed by atoms with Gasteiger partial charge in [0.25, 0.3) is 0 Å². The van der Waals surface area contributed by atoms with Gasteiger partial charge in [-0.2, -0.15) is 0 Å². The van der Waals surface area contributed by atoms with Crippen LogP contribution < -0.4 is 11.3 Å². The normalized spacial score (nSPS) is 30.5. The predicted octanol–water partition coefficient (Wildman–Crippen LogP) is 2.39. The van der Waals surface area contributed by atoms with Crippen LogP contribution in [0.15, 0.2) is 0 Å². The Hall–Kier alpha value is -0.130. The van der Waals surface area contributed by atoms with Crippen molar-refractivity contribution >= 4 is 9.84 Å². The summed E-state index contributed by atoms with van der Waals surface area (Å²) >= 11 is 0. The summed E-state index contributed by atoms with van der Waals surface area (Å²) in [6.45, 7) is 0. The van der Waals surface area contributed by atoms with E-state index in [2.05, 4.69) is 5.43 Å². The smallest absolute Gasteiger partial charge is 0.150 e. The quantitative estimate of drug-likeness (QED) is 0.584. The van der Waals surface area contributed by atoms with Crippen LogP contribution in [0, 0.1) is 11.8 Å². The minimum Gasteiger partial charge on any atom is -0.271 e. The molecule has 0 spiro atoms. The lowest BCUT2D eigenvalue weighted by atomic mass is 9.81. The Bertz CT molecular complexity index is 391. The predicted molar refractivity (Wildman–Crippen MR) is 82.9 cm³/mol. The van der Waals surface area contributed by atoms with E-state index in [1.807, 2.05) is 0 Å². The number of hydrogen-bond donors (Lipinski definition) is 2. The second kappa shape index (κ2) is 7.23. The number of rotatable bonds is 6. The number of nitrogens with two attached hydrogens (primary N) is 1. The van der Waals surface area contributed by atoms with Crippen molar-refractivity contribution in [3.8, 4) is 0 Å². The summed E-state index contributed by atoms with van der Waals surface area (Å²) < 4.78 is 23.5. The molecule has 0 aliphatic heterocycles. The van der Waals surface area contributed by atoms with Gasteiger partial charge in [-0.1, -0.05) is 32.1 Å². The van der Waals surface area contributed by atoms with Crippen LogP contribution in [0.4, 0.5) is 0 Å². The van der Waals surface area contributed by atoms with E-state index in [0.717, 1.165) is 38.0 Å². The van der Waals surface area contributed by atoms with E-state index in [1.54, 1.807) is 0 Å². The highest BCUT2D eigenvalue weighted by molar-refractivity contribution is 7.91. The van der Waals surface area contributed by atoms with Crippen molar-refractivity contribution in [3.63, 3.8) is 0 Å². The van der Waals surface area contributed by atoms with Gasteiger partial charge in [0.15, 0.2) is 0 Å². The Balaban J connectivity index is 1.86. The highest BCUT2D eigenvalue weighted by atomic mass is 32.2. The highest BCUT2D eigenvalue weighted by Crippen LogP contribution is 2.34. The molecule has 3 atom stereocenters. The van der Waals surface area contributed by atoms with Gasteiger partial charge in [-0.3, -0.25) is 11.3 Å². The molecule has 4 nitrogen and oxygen atoms in total. The van der Waals surface area contributed by atoms with Crippen LogP contribution >= 0.6 is 0 Å². The molecule has 20 heavy (non-hydrogen) atoms. The van der Waals surface area contributed by atoms with Gasteiger partial charge in [0.2, 0.25) is 0 Å². The summed E-state index contributed by atoms with van der Waals surface area (Å²) in [5.74, 6) is 7.04. The minimum atomic E-state index is -2.90. The van der Waals surface area contributed by atoms with Gasteiger partial charge >= 0.3 is 0 Å². The average Bonchev–Trinajstić information content (AvgIpc) is 2.92. The molecule has 0 radical (unpaired) electrons. The SMILES string of the molecule is CS(=O)(=O)C1CCCC(C(CCC2CCCC2)NN)C1. The Morgan fingerprint density at radius 3 is 2.45 bits per heavy atom. The zero-order valence-corrected chi connectivity index (χ0v) is 13.5. The van der Waals surface area contributed by atoms with E-state index in [1.165, 1.54) is 38.4 Å². The fourth-order valence-corrected chi connectivity index (χ4v) is 5.30. The molecule has 0 aromatic rings. The topological polar surface area (TPSA) is 72.2 Å². The fourth-order valence-electron chi connectivity index (χ4n) is 4.10. The van der Waals surface area contributed by atoms with Crippen LogP contribution in [0.1, 0.15) is 64.2 Å². The number of nitrogens with one attached hydrogen (secondary N) is 1. The van der Waals surface area contributed by atoms with Crippen LogP contribution in [0.5, 0.6) is 0 Å². The van der Waals surface area contributed by atoms with Gasteiger partial charge < -0.3 is 0 Å². The minimum absolute atomic E-state index is 0.149. The van der Waals surface area contributed by atoms with Gasteiger partial charge in [0, 0.05) is 12.3 Å². The van der Waals surface area contributed by atoms with Crippen LogP contribution in [0.25, 0.3) is 0 Å². The van der Waals surface area contributed by atoms with Crippen molar-refractivity contribution in [2.24, 2.45) is 17.7 Å². The summed E-state index contributed by atoms with van der Waals surface area (Å²) in [4.78, 5) is 0. The van der Waals surface area contributed by atoms with Gasteiger partial charge in [0.1, 0.15) is 9.84 Å². The number of hydrogen-bond acceptors (Lipinski definition) is 4. The molecule has 3 unspecified atom stereocenters. The molecule has 2 aliphatic rings. The van der Waals surface area contributed by atoms with Crippen LogP contribution in [0.3, 0.4) is 0 Å². The Kier molecular flexibility index (Phi) is 5.87. The molecule has 2 fully saturated rings. The maximum absolute atomic E-state index is 11.8. The first-order valence-corrected chi connectivity index (χ1v) is 10.1. The molecule has 2 saturated carbocycles. The first-order chi connectivity index (χ1) is 9.50. The molecule has 0 aromatic carbocycles. The third-order valence-corrected chi connectivity index (χ3v) is 7.06. The molecular weight excluding hydrogens is 272 g/mol. The van der Waals surface area contributed by atoms with Gasteiger partial charge in [-0.15, -0.1) is 0 Å². The van der Waals surface area contributed by atoms with E-state index >= 15 is 0 Å². The van der Waals surface area contributed by atoms with E-state index < -0.39 is 9.84 Å². The molecule has 0 aromatic heterocycles. The van der Waals surface area contributed by atoms with Crippen molar-refractivity contribution in [2.75, 3.05) is 6.26 Å². The van der Waals surface area contributed by atoms with E-state index in [0.29, 0.717) is 12.0 Å². The van der Waals surface area contributed by atoms with Crippen molar-refractivity contribution in [1.29, 1.82) is 0 Å². The molecule has 2 rings (SSSR count). The van der Waals surface area contributed by atoms with Crippen LogP contribution in [-0.4, -0.2) is 26.0 Å². The van der Waals surface area contributed by atoms with Crippen molar-refractivity contribution in [2.45, 2.75) is 75.5 Å². The van der Waals surface area contributed by atoms with Crippen molar-refractivity contribution in [1.82, 2.24) is 5.43 Å². The zero-order chi connectivity index (χ0) is 14.6.